The minimum absolute atomic E-state index is 0.580. The van der Waals surface area contributed by atoms with Gasteiger partial charge in [-0.1, -0.05) is 13.1 Å². The highest BCUT2D eigenvalue weighted by molar-refractivity contribution is 6.45. The van der Waals surface area contributed by atoms with Crippen LogP contribution in [0, 0.1) is 0 Å². The van der Waals surface area contributed by atoms with Crippen molar-refractivity contribution in [1.29, 1.82) is 0 Å². The summed E-state index contributed by atoms with van der Waals surface area (Å²) in [7, 11) is 7.05. The Balaban J connectivity index is 2.99. The van der Waals surface area contributed by atoms with Crippen LogP contribution in [0.5, 0.6) is 0 Å². The van der Waals surface area contributed by atoms with Gasteiger partial charge in [-0.15, -0.1) is 12.1 Å². The maximum atomic E-state index is 5.15. The molecular weight excluding hydrogens is 69.7 g/mol. The Morgan fingerprint density at radius 3 is 2.50 bits per heavy atom. The Kier molecular flexibility index (Phi) is 3.01. The molecule has 0 aliphatic carbocycles. The Morgan fingerprint density at radius 2 is 2.50 bits per heavy atom. The molecule has 0 heterocycles. The predicted molar refractivity (Wildman–Crippen MR) is 31.3 cm³/mol. The van der Waals surface area contributed by atoms with E-state index in [0.717, 1.165) is 5.47 Å². The van der Waals surface area contributed by atoms with E-state index in [1.54, 1.807) is 0 Å². The van der Waals surface area contributed by atoms with Crippen LogP contribution in [-0.4, -0.2) is 15.1 Å². The van der Waals surface area contributed by atoms with E-state index in [1.165, 1.54) is 0 Å². The third kappa shape index (κ3) is 2.13. The van der Waals surface area contributed by atoms with E-state index in [2.05, 4.69) is 6.58 Å². The summed E-state index contributed by atoms with van der Waals surface area (Å²) in [6, 6.07) is 0. The van der Waals surface area contributed by atoms with Crippen LogP contribution in [0.15, 0.2) is 12.1 Å². The van der Waals surface area contributed by atoms with Crippen molar-refractivity contribution in [1.82, 2.24) is 0 Å². The van der Waals surface area contributed by atoms with E-state index in [9.17, 15) is 0 Å². The smallest absolute Gasteiger partial charge is 0.125 e. The van der Waals surface area contributed by atoms with Crippen LogP contribution in [0.1, 0.15) is 0 Å². The molecule has 0 fully saturated rings. The number of hydrogen-bond acceptors (Lipinski definition) is 0. The lowest BCUT2D eigenvalue weighted by Crippen LogP contribution is -1.84. The van der Waals surface area contributed by atoms with Gasteiger partial charge in [0.1, 0.15) is 7.28 Å². The third-order valence-corrected chi connectivity index (χ3v) is 0.670. The molecule has 0 saturated carbocycles. The SMILES string of the molecule is [B]CC(=C)[B]C. The molecule has 0 amide bonds. The van der Waals surface area contributed by atoms with Gasteiger partial charge in [0.05, 0.1) is 7.85 Å². The van der Waals surface area contributed by atoms with Crippen LogP contribution in [-0.2, 0) is 0 Å². The van der Waals surface area contributed by atoms with Crippen molar-refractivity contribution in [3.05, 3.63) is 12.1 Å². The van der Waals surface area contributed by atoms with Gasteiger partial charge in [0.25, 0.3) is 0 Å². The van der Waals surface area contributed by atoms with Gasteiger partial charge in [-0.2, -0.15) is 0 Å². The zero-order chi connectivity index (χ0) is 4.99. The number of hydrogen-bond donors (Lipinski definition) is 0. The first-order valence-electron chi connectivity index (χ1n) is 1.98. The largest absolute Gasteiger partial charge is 0.140 e. The molecule has 0 nitrogen and oxygen atoms in total. The Hall–Kier alpha value is -0.130. The highest BCUT2D eigenvalue weighted by Crippen LogP contribution is 1.88. The van der Waals surface area contributed by atoms with Crippen molar-refractivity contribution in [2.24, 2.45) is 0 Å². The molecule has 0 aromatic heterocycles. The molecule has 0 rings (SSSR count). The Bertz CT molecular complexity index is 43.5. The molecule has 0 spiro atoms. The van der Waals surface area contributed by atoms with Crippen molar-refractivity contribution in [3.63, 3.8) is 0 Å². The highest BCUT2D eigenvalue weighted by atomic mass is 13.6. The molecule has 0 bridgehead atoms. The number of rotatable bonds is 2. The first-order chi connectivity index (χ1) is 2.81. The normalized spacial score (nSPS) is 7.50. The minimum Gasteiger partial charge on any atom is -0.125 e. The van der Waals surface area contributed by atoms with Crippen LogP contribution in [0.4, 0.5) is 0 Å². The summed E-state index contributed by atoms with van der Waals surface area (Å²) in [6.45, 7) is 5.54. The first kappa shape index (κ1) is 5.87. The van der Waals surface area contributed by atoms with Gasteiger partial charge < -0.3 is 0 Å². The van der Waals surface area contributed by atoms with Gasteiger partial charge in [-0.3, -0.25) is 0 Å². The van der Waals surface area contributed by atoms with Crippen molar-refractivity contribution >= 4 is 15.1 Å². The maximum Gasteiger partial charge on any atom is 0.140 e. The summed E-state index contributed by atoms with van der Waals surface area (Å²) >= 11 is 0. The quantitative estimate of drug-likeness (QED) is 0.428. The third-order valence-electron chi connectivity index (χ3n) is 0.670. The topological polar surface area (TPSA) is 0 Å². The average molecular weight is 76.7 g/mol. The zero-order valence-electron chi connectivity index (χ0n) is 4.07. The molecule has 6 heavy (non-hydrogen) atoms. The molecule has 29 valence electrons. The van der Waals surface area contributed by atoms with Crippen LogP contribution >= 0.6 is 0 Å². The minimum atomic E-state index is 0.580. The summed E-state index contributed by atoms with van der Waals surface area (Å²) in [6.07, 6.45) is 0.580. The second-order valence-electron chi connectivity index (χ2n) is 1.15. The predicted octanol–water partition coefficient (Wildman–Crippen LogP) is 0.839. The summed E-state index contributed by atoms with van der Waals surface area (Å²) in [5.74, 6) is 0. The van der Waals surface area contributed by atoms with E-state index < -0.39 is 0 Å². The molecule has 0 N–H and O–H groups in total. The van der Waals surface area contributed by atoms with Gasteiger partial charge >= 0.3 is 0 Å². The Morgan fingerprint density at radius 1 is 2.00 bits per heavy atom. The summed E-state index contributed by atoms with van der Waals surface area (Å²) < 4.78 is 0. The summed E-state index contributed by atoms with van der Waals surface area (Å²) in [5, 5.41) is 0. The fraction of sp³-hybridized carbons (Fsp3) is 0.500. The van der Waals surface area contributed by atoms with Crippen molar-refractivity contribution < 1.29 is 0 Å². The van der Waals surface area contributed by atoms with E-state index in [-0.39, 0.29) is 0 Å². The van der Waals surface area contributed by atoms with E-state index in [0.29, 0.717) is 6.32 Å². The van der Waals surface area contributed by atoms with Gasteiger partial charge in [0.2, 0.25) is 0 Å². The molecular formula is C4H7B2. The van der Waals surface area contributed by atoms with Crippen LogP contribution in [0.25, 0.3) is 0 Å². The molecule has 0 unspecified atom stereocenters. The second-order valence-corrected chi connectivity index (χ2v) is 1.15. The molecule has 0 saturated heterocycles. The molecule has 0 atom stereocenters. The van der Waals surface area contributed by atoms with Crippen LogP contribution < -0.4 is 0 Å². The zero-order valence-corrected chi connectivity index (χ0v) is 4.07. The Labute approximate surface area is 41.3 Å². The van der Waals surface area contributed by atoms with Gasteiger partial charge in [0.15, 0.2) is 0 Å². The number of allylic oxidation sites excluding steroid dienone is 1. The van der Waals surface area contributed by atoms with Crippen LogP contribution in [0.2, 0.25) is 13.1 Å². The van der Waals surface area contributed by atoms with Crippen molar-refractivity contribution in [2.45, 2.75) is 13.1 Å². The molecule has 2 heteroatoms. The fourth-order valence-electron chi connectivity index (χ4n) is 0.118. The van der Waals surface area contributed by atoms with Crippen LogP contribution in [0.3, 0.4) is 0 Å². The highest BCUT2D eigenvalue weighted by Gasteiger charge is 1.80. The fourth-order valence-corrected chi connectivity index (χ4v) is 0.118. The standard InChI is InChI=1S/C4H7B2/c1-4(3-5)6-2/h1,3H2,2H3. The van der Waals surface area contributed by atoms with E-state index in [1.807, 2.05) is 14.1 Å². The lowest BCUT2D eigenvalue weighted by Gasteiger charge is -1.87. The van der Waals surface area contributed by atoms with Crippen molar-refractivity contribution in [2.75, 3.05) is 0 Å². The second kappa shape index (κ2) is 3.08. The lowest BCUT2D eigenvalue weighted by atomic mass is 9.68. The first-order valence-corrected chi connectivity index (χ1v) is 1.98. The molecule has 0 aliphatic heterocycles. The average Bonchev–Trinajstić information content (AvgIpc) is 1.65. The van der Waals surface area contributed by atoms with Gasteiger partial charge in [-0.25, -0.2) is 0 Å². The maximum absolute atomic E-state index is 5.15. The molecule has 0 aromatic rings. The van der Waals surface area contributed by atoms with Gasteiger partial charge in [-0.05, 0) is 0 Å². The monoisotopic (exact) mass is 77.1 g/mol. The lowest BCUT2D eigenvalue weighted by molar-refractivity contribution is 1.66. The van der Waals surface area contributed by atoms with E-state index in [4.69, 9.17) is 7.85 Å². The van der Waals surface area contributed by atoms with E-state index >= 15 is 0 Å². The summed E-state index contributed by atoms with van der Waals surface area (Å²) in [4.78, 5) is 0. The van der Waals surface area contributed by atoms with Crippen molar-refractivity contribution in [3.8, 4) is 0 Å². The summed E-state index contributed by atoms with van der Waals surface area (Å²) in [5.41, 5.74) is 0.995. The molecule has 0 aromatic carbocycles. The van der Waals surface area contributed by atoms with Gasteiger partial charge in [0, 0.05) is 0 Å². The molecule has 0 aliphatic rings. The molecule has 3 radical (unpaired) electrons.